The number of hydrogen-bond acceptors (Lipinski definition) is 2. The van der Waals surface area contributed by atoms with Crippen molar-refractivity contribution in [2.45, 2.75) is 45.4 Å². The van der Waals surface area contributed by atoms with Crippen LogP contribution < -0.4 is 5.32 Å². The van der Waals surface area contributed by atoms with Crippen LogP contribution in [0.3, 0.4) is 0 Å². The normalized spacial score (nSPS) is 32.2. The maximum Gasteiger partial charge on any atom is 0.229 e. The van der Waals surface area contributed by atoms with Gasteiger partial charge in [0.15, 0.2) is 0 Å². The van der Waals surface area contributed by atoms with Crippen molar-refractivity contribution in [3.8, 4) is 0 Å². The van der Waals surface area contributed by atoms with Gasteiger partial charge in [-0.2, -0.15) is 0 Å². The van der Waals surface area contributed by atoms with Gasteiger partial charge in [0, 0.05) is 19.6 Å². The fourth-order valence-electron chi connectivity index (χ4n) is 2.83. The standard InChI is InChI=1S/C13H24N2O/c1-13(7-8-14-11-13)12(16)15-9-5-3-2-4-6-10-15/h14H,2-11H2,1H3. The molecule has 0 aromatic carbocycles. The second-order valence-corrected chi connectivity index (χ2v) is 5.55. The number of carbonyl (C=O) groups is 1. The molecule has 1 atom stereocenters. The number of hydrogen-bond donors (Lipinski definition) is 1. The topological polar surface area (TPSA) is 32.3 Å². The van der Waals surface area contributed by atoms with E-state index in [1.54, 1.807) is 0 Å². The molecule has 0 radical (unpaired) electrons. The second kappa shape index (κ2) is 5.17. The number of rotatable bonds is 1. The summed E-state index contributed by atoms with van der Waals surface area (Å²) in [4.78, 5) is 14.6. The van der Waals surface area contributed by atoms with E-state index in [2.05, 4.69) is 17.1 Å². The van der Waals surface area contributed by atoms with Gasteiger partial charge in [0.2, 0.25) is 5.91 Å². The van der Waals surface area contributed by atoms with E-state index >= 15 is 0 Å². The summed E-state index contributed by atoms with van der Waals surface area (Å²) in [6.45, 7) is 5.94. The molecule has 2 heterocycles. The Balaban J connectivity index is 1.95. The van der Waals surface area contributed by atoms with Crippen molar-refractivity contribution in [2.75, 3.05) is 26.2 Å². The molecule has 2 aliphatic rings. The average molecular weight is 224 g/mol. The highest BCUT2D eigenvalue weighted by atomic mass is 16.2. The molecule has 3 heteroatoms. The fraction of sp³-hybridized carbons (Fsp3) is 0.923. The van der Waals surface area contributed by atoms with Crippen LogP contribution in [0.1, 0.15) is 45.4 Å². The van der Waals surface area contributed by atoms with Crippen LogP contribution in [-0.2, 0) is 4.79 Å². The lowest BCUT2D eigenvalue weighted by atomic mass is 9.87. The molecule has 0 aromatic heterocycles. The molecular formula is C13H24N2O. The van der Waals surface area contributed by atoms with Gasteiger partial charge in [-0.05, 0) is 32.7 Å². The van der Waals surface area contributed by atoms with E-state index in [9.17, 15) is 4.79 Å². The molecule has 0 bridgehead atoms. The number of nitrogens with one attached hydrogen (secondary N) is 1. The lowest BCUT2D eigenvalue weighted by Crippen LogP contribution is -2.44. The molecule has 92 valence electrons. The zero-order valence-electron chi connectivity index (χ0n) is 10.4. The SMILES string of the molecule is CC1(C(=O)N2CCCCCCC2)CCNC1. The highest BCUT2D eigenvalue weighted by molar-refractivity contribution is 5.83. The first kappa shape index (κ1) is 11.9. The third-order valence-corrected chi connectivity index (χ3v) is 4.03. The molecule has 16 heavy (non-hydrogen) atoms. The summed E-state index contributed by atoms with van der Waals surface area (Å²) in [5.74, 6) is 0.388. The van der Waals surface area contributed by atoms with Crippen LogP contribution in [0.15, 0.2) is 0 Å². The first-order valence-electron chi connectivity index (χ1n) is 6.72. The van der Waals surface area contributed by atoms with Gasteiger partial charge in [-0.15, -0.1) is 0 Å². The van der Waals surface area contributed by atoms with E-state index in [1.165, 1.54) is 32.1 Å². The highest BCUT2D eigenvalue weighted by Gasteiger charge is 2.38. The maximum atomic E-state index is 12.5. The molecule has 1 amide bonds. The van der Waals surface area contributed by atoms with Gasteiger partial charge in [-0.1, -0.05) is 19.3 Å². The van der Waals surface area contributed by atoms with Gasteiger partial charge in [-0.3, -0.25) is 4.79 Å². The van der Waals surface area contributed by atoms with Crippen molar-refractivity contribution >= 4 is 5.91 Å². The zero-order chi connectivity index (χ0) is 11.4. The molecular weight excluding hydrogens is 200 g/mol. The first-order chi connectivity index (χ1) is 7.72. The van der Waals surface area contributed by atoms with Gasteiger partial charge in [0.1, 0.15) is 0 Å². The van der Waals surface area contributed by atoms with Gasteiger partial charge in [0.25, 0.3) is 0 Å². The fourth-order valence-corrected chi connectivity index (χ4v) is 2.83. The summed E-state index contributed by atoms with van der Waals surface area (Å²) in [5, 5.41) is 3.31. The third-order valence-electron chi connectivity index (χ3n) is 4.03. The van der Waals surface area contributed by atoms with E-state index in [0.29, 0.717) is 5.91 Å². The smallest absolute Gasteiger partial charge is 0.229 e. The van der Waals surface area contributed by atoms with E-state index in [0.717, 1.165) is 32.6 Å². The van der Waals surface area contributed by atoms with E-state index in [1.807, 2.05) is 0 Å². The second-order valence-electron chi connectivity index (χ2n) is 5.55. The summed E-state index contributed by atoms with van der Waals surface area (Å²) in [6.07, 6.45) is 7.31. The Kier molecular flexibility index (Phi) is 3.85. The minimum Gasteiger partial charge on any atom is -0.342 e. The zero-order valence-corrected chi connectivity index (χ0v) is 10.4. The highest BCUT2D eigenvalue weighted by Crippen LogP contribution is 2.28. The summed E-state index contributed by atoms with van der Waals surface area (Å²) in [7, 11) is 0. The van der Waals surface area contributed by atoms with Crippen LogP contribution in [0.5, 0.6) is 0 Å². The average Bonchev–Trinajstić information content (AvgIpc) is 2.65. The quantitative estimate of drug-likeness (QED) is 0.736. The van der Waals surface area contributed by atoms with Crippen LogP contribution in [0.2, 0.25) is 0 Å². The van der Waals surface area contributed by atoms with Gasteiger partial charge < -0.3 is 10.2 Å². The number of nitrogens with zero attached hydrogens (tertiary/aromatic N) is 1. The molecule has 2 aliphatic heterocycles. The largest absolute Gasteiger partial charge is 0.342 e. The van der Waals surface area contributed by atoms with Gasteiger partial charge in [0.05, 0.1) is 5.41 Å². The summed E-state index contributed by atoms with van der Waals surface area (Å²) < 4.78 is 0. The molecule has 0 spiro atoms. The van der Waals surface area contributed by atoms with Crippen LogP contribution >= 0.6 is 0 Å². The van der Waals surface area contributed by atoms with Crippen molar-refractivity contribution in [3.63, 3.8) is 0 Å². The Morgan fingerprint density at radius 2 is 1.75 bits per heavy atom. The van der Waals surface area contributed by atoms with Crippen molar-refractivity contribution in [3.05, 3.63) is 0 Å². The van der Waals surface area contributed by atoms with E-state index < -0.39 is 0 Å². The number of likely N-dealkylation sites (tertiary alicyclic amines) is 1. The van der Waals surface area contributed by atoms with Crippen LogP contribution in [0.4, 0.5) is 0 Å². The molecule has 0 aliphatic carbocycles. The Hall–Kier alpha value is -0.570. The van der Waals surface area contributed by atoms with Crippen molar-refractivity contribution in [1.82, 2.24) is 10.2 Å². The lowest BCUT2D eigenvalue weighted by Gasteiger charge is -2.32. The molecule has 0 saturated carbocycles. The Morgan fingerprint density at radius 1 is 1.12 bits per heavy atom. The third kappa shape index (κ3) is 2.57. The van der Waals surface area contributed by atoms with Crippen LogP contribution in [0.25, 0.3) is 0 Å². The molecule has 2 fully saturated rings. The molecule has 2 rings (SSSR count). The predicted octanol–water partition coefficient (Wildman–Crippen LogP) is 1.78. The first-order valence-corrected chi connectivity index (χ1v) is 6.72. The lowest BCUT2D eigenvalue weighted by molar-refractivity contribution is -0.140. The summed E-state index contributed by atoms with van der Waals surface area (Å²) in [6, 6.07) is 0. The van der Waals surface area contributed by atoms with Crippen LogP contribution in [-0.4, -0.2) is 37.0 Å². The predicted molar refractivity (Wildman–Crippen MR) is 65.3 cm³/mol. The van der Waals surface area contributed by atoms with E-state index in [4.69, 9.17) is 0 Å². The van der Waals surface area contributed by atoms with Crippen molar-refractivity contribution < 1.29 is 4.79 Å². The Bertz CT molecular complexity index is 238. The number of carbonyl (C=O) groups excluding carboxylic acids is 1. The van der Waals surface area contributed by atoms with E-state index in [-0.39, 0.29) is 5.41 Å². The van der Waals surface area contributed by atoms with Gasteiger partial charge >= 0.3 is 0 Å². The monoisotopic (exact) mass is 224 g/mol. The van der Waals surface area contributed by atoms with Gasteiger partial charge in [-0.25, -0.2) is 0 Å². The summed E-state index contributed by atoms with van der Waals surface area (Å²) >= 11 is 0. The summed E-state index contributed by atoms with van der Waals surface area (Å²) in [5.41, 5.74) is -0.126. The minimum atomic E-state index is -0.126. The van der Waals surface area contributed by atoms with Crippen molar-refractivity contribution in [1.29, 1.82) is 0 Å². The van der Waals surface area contributed by atoms with Crippen molar-refractivity contribution in [2.24, 2.45) is 5.41 Å². The molecule has 1 N–H and O–H groups in total. The molecule has 3 nitrogen and oxygen atoms in total. The number of amides is 1. The minimum absolute atomic E-state index is 0.126. The molecule has 1 unspecified atom stereocenters. The van der Waals surface area contributed by atoms with Crippen LogP contribution in [0, 0.1) is 5.41 Å². The molecule has 0 aromatic rings. The Labute approximate surface area is 98.6 Å². The maximum absolute atomic E-state index is 12.5. The molecule has 2 saturated heterocycles. The Morgan fingerprint density at radius 3 is 2.31 bits per heavy atom.